The van der Waals surface area contributed by atoms with Gasteiger partial charge in [0.15, 0.2) is 0 Å². The molecule has 1 N–H and O–H groups in total. The number of hydrogen-bond donors (Lipinski definition) is 1. The van der Waals surface area contributed by atoms with Gasteiger partial charge in [-0.2, -0.15) is 0 Å². The molecule has 1 aliphatic rings. The van der Waals surface area contributed by atoms with Crippen molar-refractivity contribution < 1.29 is 23.2 Å². The van der Waals surface area contributed by atoms with Crippen molar-refractivity contribution in [2.24, 2.45) is 0 Å². The third-order valence-electron chi connectivity index (χ3n) is 5.62. The van der Waals surface area contributed by atoms with Crippen LogP contribution in [0.25, 0.3) is 17.0 Å². The molecular weight excluding hydrogens is 469 g/mol. The Labute approximate surface area is 204 Å². The van der Waals surface area contributed by atoms with Gasteiger partial charge in [0.25, 0.3) is 11.1 Å². The number of aromatic nitrogens is 1. The molecular formula is C26H20FN3O4S. The van der Waals surface area contributed by atoms with Gasteiger partial charge in [0.1, 0.15) is 18.1 Å². The number of hydrogen-bond acceptors (Lipinski definition) is 5. The fourth-order valence-corrected chi connectivity index (χ4v) is 4.73. The van der Waals surface area contributed by atoms with E-state index in [4.69, 9.17) is 4.42 Å². The summed E-state index contributed by atoms with van der Waals surface area (Å²) in [5, 5.41) is 3.20. The summed E-state index contributed by atoms with van der Waals surface area (Å²) >= 11 is 0.817. The van der Waals surface area contributed by atoms with Crippen molar-refractivity contribution in [3.63, 3.8) is 0 Å². The van der Waals surface area contributed by atoms with E-state index in [9.17, 15) is 18.8 Å². The summed E-state index contributed by atoms with van der Waals surface area (Å²) in [5.74, 6) is -0.485. The van der Waals surface area contributed by atoms with E-state index in [1.807, 2.05) is 24.3 Å². The highest BCUT2D eigenvalue weighted by Gasteiger charge is 2.35. The van der Waals surface area contributed by atoms with Gasteiger partial charge < -0.3 is 14.3 Å². The maximum atomic E-state index is 14.0. The molecule has 0 bridgehead atoms. The van der Waals surface area contributed by atoms with Gasteiger partial charge in [0, 0.05) is 28.2 Å². The molecule has 0 aliphatic carbocycles. The number of carbonyl (C=O) groups is 3. The molecule has 0 radical (unpaired) electrons. The number of nitrogens with zero attached hydrogens (tertiary/aromatic N) is 2. The SMILES string of the molecule is O=C(Cn1cc(/C=C2\SC(=O)N(Cc3ccccc3F)C2=O)c2ccccc21)NCc1ccco1. The van der Waals surface area contributed by atoms with Crippen molar-refractivity contribution >= 4 is 45.8 Å². The quantitative estimate of drug-likeness (QED) is 0.372. The highest BCUT2D eigenvalue weighted by Crippen LogP contribution is 2.35. The van der Waals surface area contributed by atoms with E-state index < -0.39 is 17.0 Å². The van der Waals surface area contributed by atoms with Crippen LogP contribution in [0.1, 0.15) is 16.9 Å². The zero-order chi connectivity index (χ0) is 24.4. The van der Waals surface area contributed by atoms with Crippen molar-refractivity contribution in [2.75, 3.05) is 0 Å². The third kappa shape index (κ3) is 4.76. The summed E-state index contributed by atoms with van der Waals surface area (Å²) < 4.78 is 21.1. The summed E-state index contributed by atoms with van der Waals surface area (Å²) in [7, 11) is 0. The third-order valence-corrected chi connectivity index (χ3v) is 6.53. The van der Waals surface area contributed by atoms with E-state index in [2.05, 4.69) is 5.32 Å². The van der Waals surface area contributed by atoms with Crippen LogP contribution in [0.15, 0.2) is 82.4 Å². The predicted octanol–water partition coefficient (Wildman–Crippen LogP) is 4.93. The van der Waals surface area contributed by atoms with Gasteiger partial charge >= 0.3 is 0 Å². The number of rotatable bonds is 7. The van der Waals surface area contributed by atoms with Crippen molar-refractivity contribution in [2.45, 2.75) is 19.6 Å². The van der Waals surface area contributed by atoms with Gasteiger partial charge in [-0.1, -0.05) is 36.4 Å². The second-order valence-electron chi connectivity index (χ2n) is 7.94. The first-order chi connectivity index (χ1) is 17.0. The standard InChI is InChI=1S/C26H20FN3O4S/c27-21-9-3-1-6-17(21)15-30-25(32)23(35-26(30)33)12-18-14-29(22-10-4-2-8-20(18)22)16-24(31)28-13-19-7-5-11-34-19/h1-12,14H,13,15-16H2,(H,28,31)/b23-12-. The van der Waals surface area contributed by atoms with Crippen LogP contribution < -0.4 is 5.32 Å². The van der Waals surface area contributed by atoms with Gasteiger partial charge in [-0.3, -0.25) is 19.3 Å². The molecule has 3 amide bonds. The monoisotopic (exact) mass is 489 g/mol. The number of amides is 3. The van der Waals surface area contributed by atoms with Gasteiger partial charge in [-0.15, -0.1) is 0 Å². The topological polar surface area (TPSA) is 84.5 Å². The van der Waals surface area contributed by atoms with E-state index >= 15 is 0 Å². The largest absolute Gasteiger partial charge is 0.467 e. The summed E-state index contributed by atoms with van der Waals surface area (Å²) in [4.78, 5) is 39.3. The minimum Gasteiger partial charge on any atom is -0.467 e. The number of nitrogens with one attached hydrogen (secondary N) is 1. The lowest BCUT2D eigenvalue weighted by molar-refractivity contribution is -0.123. The first-order valence-corrected chi connectivity index (χ1v) is 11.7. The Kier molecular flexibility index (Phi) is 6.24. The average Bonchev–Trinajstić information content (AvgIpc) is 3.56. The fraction of sp³-hybridized carbons (Fsp3) is 0.115. The molecule has 1 saturated heterocycles. The van der Waals surface area contributed by atoms with Crippen molar-refractivity contribution in [1.29, 1.82) is 0 Å². The Morgan fingerprint density at radius 1 is 1.06 bits per heavy atom. The zero-order valence-electron chi connectivity index (χ0n) is 18.4. The number of para-hydroxylation sites is 1. The molecule has 0 saturated carbocycles. The molecule has 1 fully saturated rings. The van der Waals surface area contributed by atoms with Crippen LogP contribution in [0.3, 0.4) is 0 Å². The maximum absolute atomic E-state index is 14.0. The van der Waals surface area contributed by atoms with Crippen LogP contribution in [-0.4, -0.2) is 26.5 Å². The van der Waals surface area contributed by atoms with E-state index in [0.717, 1.165) is 27.6 Å². The maximum Gasteiger partial charge on any atom is 0.293 e. The molecule has 3 heterocycles. The number of carbonyl (C=O) groups excluding carboxylic acids is 3. The van der Waals surface area contributed by atoms with Crippen molar-refractivity contribution in [3.8, 4) is 0 Å². The van der Waals surface area contributed by atoms with Crippen molar-refractivity contribution in [3.05, 3.63) is 101 Å². The molecule has 2 aromatic carbocycles. The molecule has 5 rings (SSSR count). The van der Waals surface area contributed by atoms with Gasteiger partial charge in [-0.05, 0) is 42.1 Å². The van der Waals surface area contributed by atoms with Crippen molar-refractivity contribution in [1.82, 2.24) is 14.8 Å². The van der Waals surface area contributed by atoms with Gasteiger partial charge in [0.05, 0.1) is 24.3 Å². The molecule has 0 atom stereocenters. The van der Waals surface area contributed by atoms with Crippen LogP contribution in [0.2, 0.25) is 0 Å². The number of thioether (sulfide) groups is 1. The lowest BCUT2D eigenvalue weighted by Gasteiger charge is -2.12. The van der Waals surface area contributed by atoms with E-state index in [-0.39, 0.29) is 36.0 Å². The summed E-state index contributed by atoms with van der Waals surface area (Å²) in [6.07, 6.45) is 4.97. The molecule has 0 unspecified atom stereocenters. The number of furan rings is 1. The molecule has 7 nitrogen and oxygen atoms in total. The Hall–Kier alpha value is -4.11. The number of fused-ring (bicyclic) bond motifs is 1. The Balaban J connectivity index is 1.37. The lowest BCUT2D eigenvalue weighted by atomic mass is 10.1. The summed E-state index contributed by atoms with van der Waals surface area (Å²) in [5.41, 5.74) is 1.79. The van der Waals surface area contributed by atoms with Crippen LogP contribution >= 0.6 is 11.8 Å². The number of benzene rings is 2. The van der Waals surface area contributed by atoms with Crippen LogP contribution in [0.5, 0.6) is 0 Å². The molecule has 35 heavy (non-hydrogen) atoms. The second kappa shape index (κ2) is 9.63. The smallest absolute Gasteiger partial charge is 0.293 e. The first-order valence-electron chi connectivity index (χ1n) is 10.9. The minimum absolute atomic E-state index is 0.0732. The van der Waals surface area contributed by atoms with E-state index in [1.165, 1.54) is 6.07 Å². The normalized spacial score (nSPS) is 14.9. The number of imide groups is 1. The molecule has 0 spiro atoms. The van der Waals surface area contributed by atoms with Gasteiger partial charge in [-0.25, -0.2) is 4.39 Å². The first kappa shape index (κ1) is 22.7. The van der Waals surface area contributed by atoms with E-state index in [0.29, 0.717) is 11.3 Å². The molecule has 1 aliphatic heterocycles. The highest BCUT2D eigenvalue weighted by molar-refractivity contribution is 8.18. The summed E-state index contributed by atoms with van der Waals surface area (Å²) in [6.45, 7) is 0.225. The molecule has 176 valence electrons. The Bertz CT molecular complexity index is 1460. The Morgan fingerprint density at radius 3 is 2.66 bits per heavy atom. The molecule has 2 aromatic heterocycles. The van der Waals surface area contributed by atoms with Gasteiger partial charge in [0.2, 0.25) is 5.91 Å². The predicted molar refractivity (Wildman–Crippen MR) is 130 cm³/mol. The van der Waals surface area contributed by atoms with Crippen LogP contribution in [0.4, 0.5) is 9.18 Å². The Morgan fingerprint density at radius 2 is 1.86 bits per heavy atom. The highest BCUT2D eigenvalue weighted by atomic mass is 32.2. The zero-order valence-corrected chi connectivity index (χ0v) is 19.3. The second-order valence-corrected chi connectivity index (χ2v) is 8.94. The minimum atomic E-state index is -0.476. The lowest BCUT2D eigenvalue weighted by Crippen LogP contribution is -2.27. The molecule has 4 aromatic rings. The van der Waals surface area contributed by atoms with E-state index in [1.54, 1.807) is 53.4 Å². The van der Waals surface area contributed by atoms with Crippen LogP contribution in [0, 0.1) is 5.82 Å². The average molecular weight is 490 g/mol. The fourth-order valence-electron chi connectivity index (χ4n) is 3.90. The number of halogens is 1. The van der Waals surface area contributed by atoms with Crippen LogP contribution in [-0.2, 0) is 29.2 Å². The summed E-state index contributed by atoms with van der Waals surface area (Å²) in [6, 6.07) is 17.1. The molecule has 9 heteroatoms.